The molecule has 4 nitrogen and oxygen atoms in total. The first-order chi connectivity index (χ1) is 8.52. The zero-order chi connectivity index (χ0) is 13.5. The minimum atomic E-state index is -3.00. The fraction of sp³-hybridized carbons (Fsp3) is 0.417. The predicted molar refractivity (Wildman–Crippen MR) is 59.7 cm³/mol. The van der Waals surface area contributed by atoms with Crippen molar-refractivity contribution in [1.29, 1.82) is 0 Å². The summed E-state index contributed by atoms with van der Waals surface area (Å²) in [4.78, 5) is 11.1. The third-order valence-corrected chi connectivity index (χ3v) is 2.16. The van der Waals surface area contributed by atoms with Crippen LogP contribution in [0.5, 0.6) is 11.5 Å². The van der Waals surface area contributed by atoms with Gasteiger partial charge in [0.05, 0.1) is 6.61 Å². The highest BCUT2D eigenvalue weighted by Crippen LogP contribution is 2.28. The highest BCUT2D eigenvalue weighted by Gasteiger charge is 2.11. The molecule has 1 rings (SSSR count). The van der Waals surface area contributed by atoms with Crippen molar-refractivity contribution in [1.82, 2.24) is 0 Å². The second-order valence-corrected chi connectivity index (χ2v) is 3.49. The number of benzene rings is 1. The highest BCUT2D eigenvalue weighted by atomic mass is 19.3. The van der Waals surface area contributed by atoms with Crippen LogP contribution in [-0.2, 0) is 16.0 Å². The van der Waals surface area contributed by atoms with Gasteiger partial charge in [-0.05, 0) is 31.0 Å². The molecule has 0 saturated heterocycles. The number of phenolic OH excluding ortho intramolecular Hbond substituents is 1. The van der Waals surface area contributed by atoms with Crippen LogP contribution in [0.1, 0.15) is 18.9 Å². The summed E-state index contributed by atoms with van der Waals surface area (Å²) >= 11 is 0. The van der Waals surface area contributed by atoms with Gasteiger partial charge in [-0.1, -0.05) is 6.07 Å². The summed E-state index contributed by atoms with van der Waals surface area (Å²) in [5.41, 5.74) is 0.608. The molecule has 0 bridgehead atoms. The predicted octanol–water partition coefficient (Wildman–Crippen LogP) is 2.49. The number of carbonyl (C=O) groups is 1. The third kappa shape index (κ3) is 4.57. The Balaban J connectivity index is 2.64. The van der Waals surface area contributed by atoms with E-state index in [1.165, 1.54) is 18.2 Å². The van der Waals surface area contributed by atoms with Gasteiger partial charge in [0.15, 0.2) is 11.5 Å². The highest BCUT2D eigenvalue weighted by molar-refractivity contribution is 5.69. The lowest BCUT2D eigenvalue weighted by Gasteiger charge is -2.08. The molecule has 0 radical (unpaired) electrons. The van der Waals surface area contributed by atoms with Gasteiger partial charge in [-0.25, -0.2) is 0 Å². The van der Waals surface area contributed by atoms with Crippen molar-refractivity contribution in [2.24, 2.45) is 0 Å². The number of phenols is 1. The fourth-order valence-corrected chi connectivity index (χ4v) is 1.38. The summed E-state index contributed by atoms with van der Waals surface area (Å²) < 4.78 is 33.0. The molecule has 0 heterocycles. The van der Waals surface area contributed by atoms with Crippen LogP contribution in [0.3, 0.4) is 0 Å². The van der Waals surface area contributed by atoms with E-state index in [-0.39, 0.29) is 23.9 Å². The van der Waals surface area contributed by atoms with Gasteiger partial charge in [0, 0.05) is 6.42 Å². The molecule has 1 N–H and O–H groups in total. The molecule has 0 aliphatic heterocycles. The van der Waals surface area contributed by atoms with E-state index in [4.69, 9.17) is 4.74 Å². The molecule has 0 atom stereocenters. The number of esters is 1. The van der Waals surface area contributed by atoms with Crippen molar-refractivity contribution in [3.8, 4) is 11.5 Å². The average Bonchev–Trinajstić information content (AvgIpc) is 2.30. The van der Waals surface area contributed by atoms with Crippen molar-refractivity contribution in [3.63, 3.8) is 0 Å². The fourth-order valence-electron chi connectivity index (χ4n) is 1.38. The Morgan fingerprint density at radius 2 is 2.17 bits per heavy atom. The lowest BCUT2D eigenvalue weighted by atomic mass is 10.1. The SMILES string of the molecule is CCOC(=O)CCc1ccc(O)c(OC(F)F)c1. The van der Waals surface area contributed by atoms with E-state index in [1.807, 2.05) is 0 Å². The Labute approximate surface area is 103 Å². The van der Waals surface area contributed by atoms with Crippen molar-refractivity contribution in [2.75, 3.05) is 6.61 Å². The number of hydrogen-bond donors (Lipinski definition) is 1. The van der Waals surface area contributed by atoms with Crippen LogP contribution >= 0.6 is 0 Å². The number of carbonyl (C=O) groups excluding carboxylic acids is 1. The van der Waals surface area contributed by atoms with Crippen molar-refractivity contribution in [2.45, 2.75) is 26.4 Å². The maximum absolute atomic E-state index is 12.0. The number of rotatable bonds is 6. The van der Waals surface area contributed by atoms with Gasteiger partial charge >= 0.3 is 12.6 Å². The van der Waals surface area contributed by atoms with Crippen LogP contribution in [0.25, 0.3) is 0 Å². The Bertz CT molecular complexity index is 407. The topological polar surface area (TPSA) is 55.8 Å². The molecule has 6 heteroatoms. The van der Waals surface area contributed by atoms with Gasteiger partial charge in [0.25, 0.3) is 0 Å². The molecule has 0 unspecified atom stereocenters. The lowest BCUT2D eigenvalue weighted by molar-refractivity contribution is -0.143. The van der Waals surface area contributed by atoms with Crippen molar-refractivity contribution >= 4 is 5.97 Å². The number of aryl methyl sites for hydroxylation is 1. The van der Waals surface area contributed by atoms with Crippen LogP contribution in [0.15, 0.2) is 18.2 Å². The Morgan fingerprint density at radius 1 is 1.44 bits per heavy atom. The van der Waals surface area contributed by atoms with Crippen LogP contribution in [-0.4, -0.2) is 24.3 Å². The van der Waals surface area contributed by atoms with E-state index in [0.717, 1.165) is 0 Å². The second-order valence-electron chi connectivity index (χ2n) is 3.49. The van der Waals surface area contributed by atoms with Gasteiger partial charge in [-0.3, -0.25) is 4.79 Å². The molecule has 1 aromatic rings. The molecular weight excluding hydrogens is 246 g/mol. The van der Waals surface area contributed by atoms with E-state index < -0.39 is 6.61 Å². The molecule has 0 aliphatic carbocycles. The minimum absolute atomic E-state index is 0.146. The van der Waals surface area contributed by atoms with Gasteiger partial charge in [0.2, 0.25) is 0 Å². The standard InChI is InChI=1S/C12H14F2O4/c1-2-17-11(16)6-4-8-3-5-9(15)10(7-8)18-12(13)14/h3,5,7,12,15H,2,4,6H2,1H3. The summed E-state index contributed by atoms with van der Waals surface area (Å²) in [6, 6.07) is 4.06. The number of halogens is 2. The van der Waals surface area contributed by atoms with E-state index in [2.05, 4.69) is 4.74 Å². The molecule has 0 fully saturated rings. The van der Waals surface area contributed by atoms with Crippen LogP contribution < -0.4 is 4.74 Å². The Hall–Kier alpha value is -1.85. The quantitative estimate of drug-likeness (QED) is 0.798. The maximum Gasteiger partial charge on any atom is 0.387 e. The van der Waals surface area contributed by atoms with E-state index >= 15 is 0 Å². The Morgan fingerprint density at radius 3 is 2.78 bits per heavy atom. The van der Waals surface area contributed by atoms with E-state index in [1.54, 1.807) is 6.92 Å². The van der Waals surface area contributed by atoms with Crippen LogP contribution in [0.2, 0.25) is 0 Å². The molecule has 0 saturated carbocycles. The first-order valence-corrected chi connectivity index (χ1v) is 5.45. The maximum atomic E-state index is 12.0. The molecule has 0 amide bonds. The second kappa shape index (κ2) is 6.78. The van der Waals surface area contributed by atoms with E-state index in [9.17, 15) is 18.7 Å². The number of hydrogen-bond acceptors (Lipinski definition) is 4. The monoisotopic (exact) mass is 260 g/mol. The van der Waals surface area contributed by atoms with Crippen LogP contribution in [0, 0.1) is 0 Å². The van der Waals surface area contributed by atoms with Gasteiger partial charge in [0.1, 0.15) is 0 Å². The molecule has 18 heavy (non-hydrogen) atoms. The number of alkyl halides is 2. The molecular formula is C12H14F2O4. The summed E-state index contributed by atoms with van der Waals surface area (Å²) in [6.07, 6.45) is 0.478. The van der Waals surface area contributed by atoms with Gasteiger partial charge in [-0.2, -0.15) is 8.78 Å². The van der Waals surface area contributed by atoms with Crippen LogP contribution in [0.4, 0.5) is 8.78 Å². The number of aromatic hydroxyl groups is 1. The lowest BCUT2D eigenvalue weighted by Crippen LogP contribution is -2.06. The summed E-state index contributed by atoms with van der Waals surface area (Å²) in [7, 11) is 0. The van der Waals surface area contributed by atoms with Crippen molar-refractivity contribution in [3.05, 3.63) is 23.8 Å². The molecule has 100 valence electrons. The zero-order valence-electron chi connectivity index (χ0n) is 9.86. The molecule has 0 aromatic heterocycles. The average molecular weight is 260 g/mol. The molecule has 0 spiro atoms. The van der Waals surface area contributed by atoms with Gasteiger partial charge < -0.3 is 14.6 Å². The first-order valence-electron chi connectivity index (χ1n) is 5.45. The summed E-state index contributed by atoms with van der Waals surface area (Å²) in [5.74, 6) is -1.02. The van der Waals surface area contributed by atoms with E-state index in [0.29, 0.717) is 18.6 Å². The molecule has 1 aromatic carbocycles. The third-order valence-electron chi connectivity index (χ3n) is 2.16. The normalized spacial score (nSPS) is 10.4. The van der Waals surface area contributed by atoms with Gasteiger partial charge in [-0.15, -0.1) is 0 Å². The number of ether oxygens (including phenoxy) is 2. The summed E-state index contributed by atoms with van der Waals surface area (Å²) in [6.45, 7) is -1.00. The first kappa shape index (κ1) is 14.2. The zero-order valence-corrected chi connectivity index (χ0v) is 9.86. The largest absolute Gasteiger partial charge is 0.504 e. The Kier molecular flexibility index (Phi) is 5.35. The smallest absolute Gasteiger partial charge is 0.387 e. The summed E-state index contributed by atoms with van der Waals surface area (Å²) in [5, 5.41) is 9.30. The minimum Gasteiger partial charge on any atom is -0.504 e. The van der Waals surface area contributed by atoms with Crippen molar-refractivity contribution < 1.29 is 28.2 Å². The molecule has 0 aliphatic rings.